The maximum Gasteiger partial charge on any atom is 0.272 e. The number of aromatic nitrogens is 1. The van der Waals surface area contributed by atoms with Crippen LogP contribution in [0.4, 0.5) is 14.5 Å². The molecule has 0 aliphatic carbocycles. The molecule has 0 unspecified atom stereocenters. The van der Waals surface area contributed by atoms with Gasteiger partial charge in [-0.1, -0.05) is 0 Å². The zero-order valence-electron chi connectivity index (χ0n) is 13.3. The molecule has 2 rings (SSSR count). The van der Waals surface area contributed by atoms with Crippen LogP contribution in [0.2, 0.25) is 0 Å². The highest BCUT2D eigenvalue weighted by Gasteiger charge is 2.17. The lowest BCUT2D eigenvalue weighted by Gasteiger charge is -2.18. The van der Waals surface area contributed by atoms with Crippen LogP contribution in [0.1, 0.15) is 34.7 Å². The summed E-state index contributed by atoms with van der Waals surface area (Å²) in [7, 11) is 0. The highest BCUT2D eigenvalue weighted by atomic mass is 19.1. The first-order valence-corrected chi connectivity index (χ1v) is 7.48. The van der Waals surface area contributed by atoms with Crippen LogP contribution in [0, 0.1) is 11.6 Å². The Morgan fingerprint density at radius 1 is 1.12 bits per heavy atom. The molecule has 1 N–H and O–H groups in total. The van der Waals surface area contributed by atoms with Crippen molar-refractivity contribution in [3.05, 3.63) is 59.4 Å². The minimum Gasteiger partial charge on any atom is -0.338 e. The van der Waals surface area contributed by atoms with Crippen LogP contribution in [0.25, 0.3) is 0 Å². The van der Waals surface area contributed by atoms with Crippen LogP contribution in [0.15, 0.2) is 36.5 Å². The van der Waals surface area contributed by atoms with Crippen LogP contribution < -0.4 is 5.32 Å². The van der Waals surface area contributed by atoms with Crippen molar-refractivity contribution in [2.75, 3.05) is 18.4 Å². The molecule has 0 spiro atoms. The van der Waals surface area contributed by atoms with E-state index in [-0.39, 0.29) is 22.9 Å². The minimum absolute atomic E-state index is 0.130. The molecule has 0 saturated heterocycles. The Bertz CT molecular complexity index is 761. The number of anilines is 1. The van der Waals surface area contributed by atoms with Crippen molar-refractivity contribution in [2.24, 2.45) is 0 Å². The highest BCUT2D eigenvalue weighted by Crippen LogP contribution is 2.16. The second-order valence-corrected chi connectivity index (χ2v) is 4.99. The number of halogens is 2. The van der Waals surface area contributed by atoms with E-state index >= 15 is 0 Å². The SMILES string of the molecule is CCN(CC)C(=O)c1cc(C(=O)Nc2ccc(F)cc2F)ccn1. The Balaban J connectivity index is 2.21. The van der Waals surface area contributed by atoms with E-state index in [0.29, 0.717) is 19.2 Å². The number of hydrogen-bond acceptors (Lipinski definition) is 3. The fourth-order valence-electron chi connectivity index (χ4n) is 2.15. The third kappa shape index (κ3) is 3.92. The Labute approximate surface area is 138 Å². The van der Waals surface area contributed by atoms with Gasteiger partial charge in [0.2, 0.25) is 0 Å². The summed E-state index contributed by atoms with van der Waals surface area (Å²) >= 11 is 0. The second-order valence-electron chi connectivity index (χ2n) is 4.99. The standard InChI is InChI=1S/C17H17F2N3O2/c1-3-22(4-2)17(24)15-9-11(7-8-20-15)16(23)21-14-6-5-12(18)10-13(14)19/h5-10H,3-4H2,1-2H3,(H,21,23). The van der Waals surface area contributed by atoms with Crippen LogP contribution in [-0.4, -0.2) is 34.8 Å². The molecule has 0 radical (unpaired) electrons. The number of benzene rings is 1. The Kier molecular flexibility index (Phi) is 5.57. The van der Waals surface area contributed by atoms with Crippen LogP contribution >= 0.6 is 0 Å². The van der Waals surface area contributed by atoms with Crippen molar-refractivity contribution in [1.29, 1.82) is 0 Å². The van der Waals surface area contributed by atoms with E-state index in [1.165, 1.54) is 18.3 Å². The van der Waals surface area contributed by atoms with Gasteiger partial charge in [0.15, 0.2) is 0 Å². The fourth-order valence-corrected chi connectivity index (χ4v) is 2.15. The summed E-state index contributed by atoms with van der Waals surface area (Å²) in [5.41, 5.74) is 0.144. The normalized spacial score (nSPS) is 10.3. The first-order valence-electron chi connectivity index (χ1n) is 7.48. The lowest BCUT2D eigenvalue weighted by Crippen LogP contribution is -2.31. The molecule has 5 nitrogen and oxygen atoms in total. The van der Waals surface area contributed by atoms with E-state index in [4.69, 9.17) is 0 Å². The van der Waals surface area contributed by atoms with Crippen LogP contribution in [0.5, 0.6) is 0 Å². The average Bonchev–Trinajstić information content (AvgIpc) is 2.58. The van der Waals surface area contributed by atoms with Gasteiger partial charge >= 0.3 is 0 Å². The number of nitrogens with zero attached hydrogens (tertiary/aromatic N) is 2. The molecule has 1 aromatic carbocycles. The monoisotopic (exact) mass is 333 g/mol. The molecule has 0 atom stereocenters. The quantitative estimate of drug-likeness (QED) is 0.914. The van der Waals surface area contributed by atoms with Crippen molar-refractivity contribution >= 4 is 17.5 Å². The van der Waals surface area contributed by atoms with Gasteiger partial charge < -0.3 is 10.2 Å². The highest BCUT2D eigenvalue weighted by molar-refractivity contribution is 6.05. The summed E-state index contributed by atoms with van der Waals surface area (Å²) in [6, 6.07) is 5.61. The topological polar surface area (TPSA) is 62.3 Å². The summed E-state index contributed by atoms with van der Waals surface area (Å²) in [5, 5.41) is 2.34. The third-order valence-corrected chi connectivity index (χ3v) is 3.47. The Morgan fingerprint density at radius 3 is 2.46 bits per heavy atom. The molecule has 1 heterocycles. The molecule has 1 aromatic heterocycles. The third-order valence-electron chi connectivity index (χ3n) is 3.47. The summed E-state index contributed by atoms with van der Waals surface area (Å²) in [6.07, 6.45) is 1.34. The van der Waals surface area contributed by atoms with Gasteiger partial charge in [0.1, 0.15) is 17.3 Å². The molecular formula is C17H17F2N3O2. The lowest BCUT2D eigenvalue weighted by atomic mass is 10.2. The van der Waals surface area contributed by atoms with Gasteiger partial charge in [-0.3, -0.25) is 14.6 Å². The summed E-state index contributed by atoms with van der Waals surface area (Å²) in [6.45, 7) is 4.73. The molecule has 0 aliphatic rings. The number of carbonyl (C=O) groups is 2. The molecule has 0 saturated carbocycles. The van der Waals surface area contributed by atoms with E-state index in [1.54, 1.807) is 4.90 Å². The smallest absolute Gasteiger partial charge is 0.272 e. The van der Waals surface area contributed by atoms with Gasteiger partial charge in [0, 0.05) is 30.9 Å². The summed E-state index contributed by atoms with van der Waals surface area (Å²) < 4.78 is 26.5. The second kappa shape index (κ2) is 7.63. The molecule has 0 aliphatic heterocycles. The largest absolute Gasteiger partial charge is 0.338 e. The fraction of sp³-hybridized carbons (Fsp3) is 0.235. The Morgan fingerprint density at radius 2 is 1.83 bits per heavy atom. The number of rotatable bonds is 5. The number of nitrogens with one attached hydrogen (secondary N) is 1. The lowest BCUT2D eigenvalue weighted by molar-refractivity contribution is 0.0767. The zero-order chi connectivity index (χ0) is 17.7. The number of amides is 2. The number of pyridine rings is 1. The van der Waals surface area contributed by atoms with E-state index in [1.807, 2.05) is 13.8 Å². The van der Waals surface area contributed by atoms with Crippen molar-refractivity contribution < 1.29 is 18.4 Å². The predicted octanol–water partition coefficient (Wildman–Crippen LogP) is 3.09. The van der Waals surface area contributed by atoms with Crippen molar-refractivity contribution in [1.82, 2.24) is 9.88 Å². The van der Waals surface area contributed by atoms with Gasteiger partial charge in [-0.05, 0) is 38.1 Å². The maximum atomic E-state index is 13.6. The maximum absolute atomic E-state index is 13.6. The molecule has 7 heteroatoms. The predicted molar refractivity (Wildman–Crippen MR) is 85.8 cm³/mol. The molecule has 126 valence electrons. The van der Waals surface area contributed by atoms with Gasteiger partial charge in [-0.2, -0.15) is 0 Å². The van der Waals surface area contributed by atoms with E-state index in [9.17, 15) is 18.4 Å². The van der Waals surface area contributed by atoms with Crippen LogP contribution in [0.3, 0.4) is 0 Å². The van der Waals surface area contributed by atoms with Gasteiger partial charge in [-0.15, -0.1) is 0 Å². The Hall–Kier alpha value is -2.83. The van der Waals surface area contributed by atoms with Crippen molar-refractivity contribution in [3.63, 3.8) is 0 Å². The minimum atomic E-state index is -0.878. The van der Waals surface area contributed by atoms with Gasteiger partial charge in [0.05, 0.1) is 5.69 Å². The van der Waals surface area contributed by atoms with Crippen LogP contribution in [-0.2, 0) is 0 Å². The number of carbonyl (C=O) groups excluding carboxylic acids is 2. The molecule has 24 heavy (non-hydrogen) atoms. The first-order chi connectivity index (χ1) is 11.5. The van der Waals surface area contributed by atoms with Gasteiger partial charge in [0.25, 0.3) is 11.8 Å². The van der Waals surface area contributed by atoms with Crippen molar-refractivity contribution in [3.8, 4) is 0 Å². The molecular weight excluding hydrogens is 316 g/mol. The molecule has 0 bridgehead atoms. The zero-order valence-corrected chi connectivity index (χ0v) is 13.3. The van der Waals surface area contributed by atoms with Crippen molar-refractivity contribution in [2.45, 2.75) is 13.8 Å². The average molecular weight is 333 g/mol. The molecule has 2 amide bonds. The molecule has 2 aromatic rings. The number of hydrogen-bond donors (Lipinski definition) is 1. The van der Waals surface area contributed by atoms with Gasteiger partial charge in [-0.25, -0.2) is 8.78 Å². The molecule has 0 fully saturated rings. The van der Waals surface area contributed by atoms with E-state index < -0.39 is 17.5 Å². The van der Waals surface area contributed by atoms with E-state index in [0.717, 1.165) is 12.1 Å². The van der Waals surface area contributed by atoms with E-state index in [2.05, 4.69) is 10.3 Å². The summed E-state index contributed by atoms with van der Waals surface area (Å²) in [4.78, 5) is 30.0. The summed E-state index contributed by atoms with van der Waals surface area (Å²) in [5.74, 6) is -2.52. The first kappa shape index (κ1) is 17.5.